The van der Waals surface area contributed by atoms with Gasteiger partial charge in [0.05, 0.1) is 29.5 Å². The molecule has 2 atom stereocenters. The molecule has 0 bridgehead atoms. The number of aromatic amines is 1. The van der Waals surface area contributed by atoms with E-state index in [4.69, 9.17) is 6.57 Å². The second-order valence-corrected chi connectivity index (χ2v) is 11.3. The van der Waals surface area contributed by atoms with Crippen LogP contribution in [0.2, 0.25) is 0 Å². The van der Waals surface area contributed by atoms with Gasteiger partial charge < -0.3 is 0 Å². The molecule has 1 aliphatic heterocycles. The number of hydrogen-bond acceptors (Lipinski definition) is 3. The fraction of sp³-hybridized carbons (Fsp3) is 0.433. The highest BCUT2D eigenvalue weighted by Gasteiger charge is 2.35. The van der Waals surface area contributed by atoms with Crippen LogP contribution in [-0.2, 0) is 12.7 Å². The number of pyridine rings is 1. The monoisotopic (exact) mass is 548 g/mol. The van der Waals surface area contributed by atoms with E-state index in [-0.39, 0.29) is 11.4 Å². The average molecular weight is 549 g/mol. The molecule has 1 aliphatic carbocycles. The van der Waals surface area contributed by atoms with E-state index >= 15 is 0 Å². The highest BCUT2D eigenvalue weighted by atomic mass is 19.4. The fourth-order valence-electron chi connectivity index (χ4n) is 6.36. The summed E-state index contributed by atoms with van der Waals surface area (Å²) in [5.74, 6) is 0.697. The second-order valence-electron chi connectivity index (χ2n) is 11.3. The number of H-pyrrole nitrogens is 1. The van der Waals surface area contributed by atoms with Gasteiger partial charge in [-0.3, -0.25) is 19.0 Å². The van der Waals surface area contributed by atoms with Gasteiger partial charge in [-0.2, -0.15) is 18.3 Å². The van der Waals surface area contributed by atoms with Gasteiger partial charge in [-0.1, -0.05) is 25.5 Å². The Balaban J connectivity index is 1.43. The van der Waals surface area contributed by atoms with Crippen molar-refractivity contribution in [2.45, 2.75) is 57.7 Å². The quantitative estimate of drug-likeness (QED) is 0.278. The zero-order valence-electron chi connectivity index (χ0n) is 22.3. The molecule has 0 spiro atoms. The first kappa shape index (κ1) is 26.4. The molecular weight excluding hydrogens is 517 g/mol. The van der Waals surface area contributed by atoms with Crippen molar-refractivity contribution in [2.75, 3.05) is 13.1 Å². The largest absolute Gasteiger partial charge is 0.418 e. The van der Waals surface area contributed by atoms with Crippen LogP contribution in [0.4, 0.5) is 18.9 Å². The van der Waals surface area contributed by atoms with Crippen LogP contribution in [0.3, 0.4) is 0 Å². The molecule has 40 heavy (non-hydrogen) atoms. The maximum Gasteiger partial charge on any atom is 0.418 e. The van der Waals surface area contributed by atoms with Gasteiger partial charge in [0.1, 0.15) is 0 Å². The maximum atomic E-state index is 14.2. The molecule has 1 aromatic carbocycles. The van der Waals surface area contributed by atoms with Crippen molar-refractivity contribution in [3.8, 4) is 5.69 Å². The van der Waals surface area contributed by atoms with Crippen LogP contribution in [0.1, 0.15) is 67.3 Å². The molecule has 1 unspecified atom stereocenters. The van der Waals surface area contributed by atoms with E-state index in [1.165, 1.54) is 23.0 Å². The summed E-state index contributed by atoms with van der Waals surface area (Å²) in [6.07, 6.45) is 5.00. The molecule has 4 aromatic rings. The molecular formula is C30H31F3N6O. The van der Waals surface area contributed by atoms with E-state index in [2.05, 4.69) is 26.9 Å². The van der Waals surface area contributed by atoms with Crippen LogP contribution in [0, 0.1) is 18.4 Å². The Morgan fingerprint density at radius 1 is 1.18 bits per heavy atom. The Morgan fingerprint density at radius 2 is 2.00 bits per heavy atom. The number of imidazole rings is 1. The van der Waals surface area contributed by atoms with E-state index in [1.54, 1.807) is 12.3 Å². The number of likely N-dealkylation sites (tertiary alicyclic amines) is 1. The van der Waals surface area contributed by atoms with Gasteiger partial charge in [-0.05, 0) is 73.4 Å². The Morgan fingerprint density at radius 3 is 2.70 bits per heavy atom. The summed E-state index contributed by atoms with van der Waals surface area (Å²) in [7, 11) is 0. The van der Waals surface area contributed by atoms with Crippen LogP contribution in [0.25, 0.3) is 16.0 Å². The van der Waals surface area contributed by atoms with Crippen LogP contribution in [0.15, 0.2) is 53.7 Å². The summed E-state index contributed by atoms with van der Waals surface area (Å²) < 4.78 is 45.2. The molecule has 6 rings (SSSR count). The average Bonchev–Trinajstić information content (AvgIpc) is 3.49. The number of nitrogens with zero attached hydrogens (tertiary/aromatic N) is 5. The summed E-state index contributed by atoms with van der Waals surface area (Å²) in [6, 6.07) is 8.52. The molecule has 1 saturated carbocycles. The van der Waals surface area contributed by atoms with Gasteiger partial charge in [-0.15, -0.1) is 0 Å². The first-order chi connectivity index (χ1) is 19.2. The van der Waals surface area contributed by atoms with Crippen LogP contribution >= 0.6 is 0 Å². The van der Waals surface area contributed by atoms with Crippen molar-refractivity contribution >= 4 is 11.2 Å². The Bertz CT molecular complexity index is 1640. The van der Waals surface area contributed by atoms with E-state index in [1.807, 2.05) is 18.2 Å². The minimum Gasteiger partial charge on any atom is -0.299 e. The number of rotatable bonds is 6. The first-order valence-electron chi connectivity index (χ1n) is 13.8. The van der Waals surface area contributed by atoms with Crippen molar-refractivity contribution < 1.29 is 13.2 Å². The van der Waals surface area contributed by atoms with Crippen molar-refractivity contribution in [1.29, 1.82) is 0 Å². The predicted octanol–water partition coefficient (Wildman–Crippen LogP) is 6.55. The van der Waals surface area contributed by atoms with Crippen molar-refractivity contribution in [1.82, 2.24) is 24.1 Å². The second kappa shape index (κ2) is 10.3. The van der Waals surface area contributed by atoms with E-state index < -0.39 is 17.4 Å². The highest BCUT2D eigenvalue weighted by molar-refractivity contribution is 5.58. The number of fused-ring (bicyclic) bond motifs is 1. The number of hydrogen-bond donors (Lipinski definition) is 1. The first-order valence-corrected chi connectivity index (χ1v) is 13.8. The van der Waals surface area contributed by atoms with Gasteiger partial charge in [0, 0.05) is 37.1 Å². The molecule has 208 valence electrons. The standard InChI is InChI=1S/C30H31F3N6O/c1-19-6-5-11-37(15-19)16-20-12-24(30(31,32)33)26-18-38(29(40)39(26)17-20)23-10-4-9-22(13-23)27(21-7-3-8-21)28-25(34-2)14-35-36-28/h4,9-10,12-14,17-19,21,27H,3,5-8,11,15-16H2,1H3,(H,35,36)/t19-,27?/m0/s1. The lowest BCUT2D eigenvalue weighted by molar-refractivity contribution is -0.136. The number of alkyl halides is 3. The minimum atomic E-state index is -4.61. The Kier molecular flexibility index (Phi) is 6.78. The fourth-order valence-corrected chi connectivity index (χ4v) is 6.36. The van der Waals surface area contributed by atoms with Gasteiger partial charge in [0.25, 0.3) is 0 Å². The molecule has 2 fully saturated rings. The van der Waals surface area contributed by atoms with Crippen molar-refractivity contribution in [3.63, 3.8) is 0 Å². The summed E-state index contributed by atoms with van der Waals surface area (Å²) in [4.78, 5) is 19.4. The summed E-state index contributed by atoms with van der Waals surface area (Å²) in [5.41, 5.74) is 1.52. The molecule has 3 aromatic heterocycles. The van der Waals surface area contributed by atoms with E-state index in [0.717, 1.165) is 60.9 Å². The zero-order valence-corrected chi connectivity index (χ0v) is 22.3. The zero-order chi connectivity index (χ0) is 28.0. The minimum absolute atomic E-state index is 0.114. The Labute approximate surface area is 230 Å². The normalized spacial score (nSPS) is 19.4. The van der Waals surface area contributed by atoms with Crippen LogP contribution in [-0.4, -0.2) is 37.2 Å². The summed E-state index contributed by atoms with van der Waals surface area (Å²) in [6.45, 7) is 11.7. The molecule has 0 amide bonds. The van der Waals surface area contributed by atoms with Crippen molar-refractivity contribution in [2.24, 2.45) is 11.8 Å². The lowest BCUT2D eigenvalue weighted by atomic mass is 9.71. The lowest BCUT2D eigenvalue weighted by Crippen LogP contribution is -2.34. The SMILES string of the molecule is [C-]#[N+]c1cn[nH]c1C(c1cccc(-n2cc3c(C(F)(F)F)cc(CN4CCC[C@H](C)C4)cn3c2=O)c1)C1CCC1. The molecule has 4 heterocycles. The molecule has 0 radical (unpaired) electrons. The molecule has 1 saturated heterocycles. The molecule has 7 nitrogen and oxygen atoms in total. The van der Waals surface area contributed by atoms with Crippen LogP contribution < -0.4 is 5.69 Å². The third-order valence-electron chi connectivity index (χ3n) is 8.48. The number of nitrogens with one attached hydrogen (secondary N) is 1. The van der Waals surface area contributed by atoms with E-state index in [0.29, 0.717) is 35.3 Å². The molecule has 2 aliphatic rings. The lowest BCUT2D eigenvalue weighted by Gasteiger charge is -2.34. The third kappa shape index (κ3) is 4.83. The van der Waals surface area contributed by atoms with Crippen LogP contribution in [0.5, 0.6) is 0 Å². The maximum absolute atomic E-state index is 14.2. The summed E-state index contributed by atoms with van der Waals surface area (Å²) in [5, 5.41) is 7.08. The number of halogens is 3. The third-order valence-corrected chi connectivity index (χ3v) is 8.48. The number of benzene rings is 1. The van der Waals surface area contributed by atoms with Crippen molar-refractivity contribution in [3.05, 3.63) is 93.2 Å². The Hall–Kier alpha value is -3.84. The topological polar surface area (TPSA) is 62.7 Å². The highest BCUT2D eigenvalue weighted by Crippen LogP contribution is 2.45. The van der Waals surface area contributed by atoms with Gasteiger partial charge >= 0.3 is 11.9 Å². The van der Waals surface area contributed by atoms with Gasteiger partial charge in [0.2, 0.25) is 5.69 Å². The number of aromatic nitrogens is 4. The molecule has 1 N–H and O–H groups in total. The van der Waals surface area contributed by atoms with Gasteiger partial charge in [-0.25, -0.2) is 9.64 Å². The smallest absolute Gasteiger partial charge is 0.299 e. The van der Waals surface area contributed by atoms with E-state index in [9.17, 15) is 18.0 Å². The van der Waals surface area contributed by atoms with Gasteiger partial charge in [0.15, 0.2) is 0 Å². The predicted molar refractivity (Wildman–Crippen MR) is 146 cm³/mol. The number of piperidine rings is 1. The summed E-state index contributed by atoms with van der Waals surface area (Å²) >= 11 is 0. The molecule has 10 heteroatoms.